The molecule has 0 fully saturated rings. The SMILES string of the molecule is Fc1nc(Br)cc(C(F)F)c1CCl. The molecule has 6 heteroatoms. The van der Waals surface area contributed by atoms with E-state index in [1.807, 2.05) is 0 Å². The summed E-state index contributed by atoms with van der Waals surface area (Å²) in [6.07, 6.45) is -2.75. The zero-order valence-corrected chi connectivity index (χ0v) is 8.54. The predicted octanol–water partition coefficient (Wildman–Crippen LogP) is 3.66. The fraction of sp³-hybridized carbons (Fsp3) is 0.286. The molecule has 1 aromatic heterocycles. The molecular formula is C7H4BrClF3N. The van der Waals surface area contributed by atoms with E-state index in [9.17, 15) is 13.2 Å². The number of halogens is 5. The first kappa shape index (κ1) is 10.8. The maximum Gasteiger partial charge on any atom is 0.264 e. The summed E-state index contributed by atoms with van der Waals surface area (Å²) in [5.41, 5.74) is -0.672. The third-order valence-electron chi connectivity index (χ3n) is 1.45. The standard InChI is InChI=1S/C7H4BrClF3N/c8-5-1-3(6(10)11)4(2-9)7(12)13-5/h1,6H,2H2. The largest absolute Gasteiger partial charge is 0.264 e. The van der Waals surface area contributed by atoms with Crippen LogP contribution in [0, 0.1) is 5.95 Å². The maximum atomic E-state index is 12.9. The third kappa shape index (κ3) is 2.34. The summed E-state index contributed by atoms with van der Waals surface area (Å²) in [5, 5.41) is 0. The molecule has 0 N–H and O–H groups in total. The Kier molecular flexibility index (Phi) is 3.55. The van der Waals surface area contributed by atoms with E-state index in [0.29, 0.717) is 0 Å². The molecule has 0 aliphatic heterocycles. The molecule has 72 valence electrons. The number of aromatic nitrogens is 1. The van der Waals surface area contributed by atoms with E-state index < -0.39 is 17.9 Å². The number of pyridine rings is 1. The van der Waals surface area contributed by atoms with Crippen LogP contribution in [0.2, 0.25) is 0 Å². The highest BCUT2D eigenvalue weighted by Gasteiger charge is 2.17. The second-order valence-corrected chi connectivity index (χ2v) is 3.32. The molecule has 0 bridgehead atoms. The Morgan fingerprint density at radius 2 is 2.15 bits per heavy atom. The van der Waals surface area contributed by atoms with Crippen molar-refractivity contribution in [2.24, 2.45) is 0 Å². The molecule has 13 heavy (non-hydrogen) atoms. The summed E-state index contributed by atoms with van der Waals surface area (Å²) in [6.45, 7) is 0. The Morgan fingerprint density at radius 1 is 1.54 bits per heavy atom. The van der Waals surface area contributed by atoms with Gasteiger partial charge in [-0.25, -0.2) is 13.8 Å². The van der Waals surface area contributed by atoms with Crippen LogP contribution in [0.25, 0.3) is 0 Å². The molecule has 0 aliphatic rings. The molecule has 0 spiro atoms. The van der Waals surface area contributed by atoms with Gasteiger partial charge in [0.15, 0.2) is 0 Å². The van der Waals surface area contributed by atoms with Gasteiger partial charge in [0.2, 0.25) is 5.95 Å². The molecule has 0 saturated carbocycles. The number of hydrogen-bond acceptors (Lipinski definition) is 1. The van der Waals surface area contributed by atoms with Gasteiger partial charge in [-0.2, -0.15) is 4.39 Å². The summed E-state index contributed by atoms with van der Waals surface area (Å²) >= 11 is 8.12. The van der Waals surface area contributed by atoms with Gasteiger partial charge in [0, 0.05) is 11.1 Å². The third-order valence-corrected chi connectivity index (χ3v) is 2.12. The quantitative estimate of drug-likeness (QED) is 0.592. The molecule has 1 rings (SSSR count). The van der Waals surface area contributed by atoms with Crippen molar-refractivity contribution in [2.75, 3.05) is 0 Å². The Morgan fingerprint density at radius 3 is 2.62 bits per heavy atom. The second kappa shape index (κ2) is 4.28. The lowest BCUT2D eigenvalue weighted by atomic mass is 10.1. The minimum absolute atomic E-state index is 0.0363. The first-order chi connectivity index (χ1) is 6.06. The molecule has 0 saturated heterocycles. The van der Waals surface area contributed by atoms with E-state index in [0.717, 1.165) is 6.07 Å². The number of rotatable bonds is 2. The fourth-order valence-corrected chi connectivity index (χ4v) is 1.52. The molecule has 1 aromatic rings. The van der Waals surface area contributed by atoms with Gasteiger partial charge < -0.3 is 0 Å². The van der Waals surface area contributed by atoms with E-state index >= 15 is 0 Å². The van der Waals surface area contributed by atoms with Gasteiger partial charge in [-0.3, -0.25) is 0 Å². The Bertz CT molecular complexity index is 319. The average Bonchev–Trinajstić information content (AvgIpc) is 2.02. The summed E-state index contributed by atoms with van der Waals surface area (Å²) in [6, 6.07) is 1.06. The normalized spacial score (nSPS) is 10.9. The second-order valence-electron chi connectivity index (χ2n) is 2.24. The van der Waals surface area contributed by atoms with Crippen LogP contribution in [0.3, 0.4) is 0 Å². The first-order valence-corrected chi connectivity index (χ1v) is 4.58. The number of alkyl halides is 3. The van der Waals surface area contributed by atoms with E-state index in [1.165, 1.54) is 0 Å². The van der Waals surface area contributed by atoms with Gasteiger partial charge in [-0.1, -0.05) is 0 Å². The molecule has 0 atom stereocenters. The Hall–Kier alpha value is -0.290. The van der Waals surface area contributed by atoms with Crippen molar-refractivity contribution >= 4 is 27.5 Å². The molecule has 1 nitrogen and oxygen atoms in total. The van der Waals surface area contributed by atoms with Crippen LogP contribution in [-0.4, -0.2) is 4.98 Å². The van der Waals surface area contributed by atoms with Gasteiger partial charge in [-0.15, -0.1) is 11.6 Å². The molecule has 0 amide bonds. The van der Waals surface area contributed by atoms with Crippen LogP contribution >= 0.6 is 27.5 Å². The van der Waals surface area contributed by atoms with Crippen LogP contribution < -0.4 is 0 Å². The maximum absolute atomic E-state index is 12.9. The Balaban J connectivity index is 3.29. The highest BCUT2D eigenvalue weighted by Crippen LogP contribution is 2.27. The van der Waals surface area contributed by atoms with Crippen LogP contribution in [0.5, 0.6) is 0 Å². The van der Waals surface area contributed by atoms with Gasteiger partial charge in [0.1, 0.15) is 4.60 Å². The molecular weight excluding hydrogens is 270 g/mol. The topological polar surface area (TPSA) is 12.9 Å². The molecule has 0 unspecified atom stereocenters. The van der Waals surface area contributed by atoms with Crippen LogP contribution in [-0.2, 0) is 5.88 Å². The highest BCUT2D eigenvalue weighted by atomic mass is 79.9. The van der Waals surface area contributed by atoms with Crippen molar-refractivity contribution in [2.45, 2.75) is 12.3 Å². The van der Waals surface area contributed by atoms with Crippen LogP contribution in [0.15, 0.2) is 10.7 Å². The minimum Gasteiger partial charge on any atom is -0.212 e. The highest BCUT2D eigenvalue weighted by molar-refractivity contribution is 9.10. The molecule has 1 heterocycles. The van der Waals surface area contributed by atoms with Crippen LogP contribution in [0.1, 0.15) is 17.6 Å². The summed E-state index contributed by atoms with van der Waals surface area (Å²) < 4.78 is 37.6. The summed E-state index contributed by atoms with van der Waals surface area (Å²) in [7, 11) is 0. The van der Waals surface area contributed by atoms with Crippen molar-refractivity contribution in [1.29, 1.82) is 0 Å². The monoisotopic (exact) mass is 273 g/mol. The van der Waals surface area contributed by atoms with Crippen molar-refractivity contribution in [3.63, 3.8) is 0 Å². The summed E-state index contributed by atoms with van der Waals surface area (Å²) in [5.74, 6) is -1.27. The Labute approximate surface area is 86.0 Å². The molecule has 0 radical (unpaired) electrons. The smallest absolute Gasteiger partial charge is 0.212 e. The van der Waals surface area contributed by atoms with Gasteiger partial charge in [-0.05, 0) is 22.0 Å². The zero-order valence-electron chi connectivity index (χ0n) is 6.20. The van der Waals surface area contributed by atoms with E-state index in [4.69, 9.17) is 11.6 Å². The lowest BCUT2D eigenvalue weighted by Gasteiger charge is -2.06. The van der Waals surface area contributed by atoms with Gasteiger partial charge in [0.05, 0.1) is 5.88 Å². The van der Waals surface area contributed by atoms with Crippen molar-refractivity contribution in [1.82, 2.24) is 4.98 Å². The first-order valence-electron chi connectivity index (χ1n) is 3.25. The minimum atomic E-state index is -2.75. The van der Waals surface area contributed by atoms with Crippen molar-refractivity contribution in [3.05, 3.63) is 27.7 Å². The van der Waals surface area contributed by atoms with Gasteiger partial charge >= 0.3 is 0 Å². The lowest BCUT2D eigenvalue weighted by molar-refractivity contribution is 0.149. The lowest BCUT2D eigenvalue weighted by Crippen LogP contribution is -1.99. The average molecular weight is 274 g/mol. The summed E-state index contributed by atoms with van der Waals surface area (Å²) in [4.78, 5) is 3.32. The fourth-order valence-electron chi connectivity index (χ4n) is 0.855. The van der Waals surface area contributed by atoms with E-state index in [1.54, 1.807) is 0 Å². The molecule has 0 aliphatic carbocycles. The van der Waals surface area contributed by atoms with Crippen molar-refractivity contribution < 1.29 is 13.2 Å². The van der Waals surface area contributed by atoms with E-state index in [2.05, 4.69) is 20.9 Å². The number of nitrogens with zero attached hydrogens (tertiary/aromatic N) is 1. The van der Waals surface area contributed by atoms with Crippen molar-refractivity contribution in [3.8, 4) is 0 Å². The number of hydrogen-bond donors (Lipinski definition) is 0. The molecule has 0 aromatic carbocycles. The van der Waals surface area contributed by atoms with Gasteiger partial charge in [0.25, 0.3) is 6.43 Å². The van der Waals surface area contributed by atoms with E-state index in [-0.39, 0.29) is 16.0 Å². The van der Waals surface area contributed by atoms with Crippen LogP contribution in [0.4, 0.5) is 13.2 Å². The predicted molar refractivity (Wildman–Crippen MR) is 46.4 cm³/mol. The zero-order chi connectivity index (χ0) is 10.0.